The minimum atomic E-state index is -0.266. The summed E-state index contributed by atoms with van der Waals surface area (Å²) in [5, 5.41) is 15.4. The molecule has 5 heteroatoms. The van der Waals surface area contributed by atoms with Gasteiger partial charge in [-0.05, 0) is 12.1 Å². The highest BCUT2D eigenvalue weighted by molar-refractivity contribution is 6.12. The molecule has 0 atom stereocenters. The van der Waals surface area contributed by atoms with E-state index in [9.17, 15) is 10.0 Å². The summed E-state index contributed by atoms with van der Waals surface area (Å²) in [7, 11) is 0. The fraction of sp³-hybridized carbons (Fsp3) is 0. The van der Waals surface area contributed by atoms with Gasteiger partial charge in [-0.3, -0.25) is 9.89 Å². The number of oxime groups is 1. The molecule has 0 amide bonds. The van der Waals surface area contributed by atoms with E-state index in [1.54, 1.807) is 12.1 Å². The number of hydrogen-bond donors (Lipinski definition) is 2. The lowest BCUT2D eigenvalue weighted by molar-refractivity contribution is 0.319. The van der Waals surface area contributed by atoms with Crippen molar-refractivity contribution in [1.82, 2.24) is 9.78 Å². The van der Waals surface area contributed by atoms with E-state index < -0.39 is 0 Å². The van der Waals surface area contributed by atoms with Gasteiger partial charge in [0, 0.05) is 11.8 Å². The monoisotopic (exact) mass is 279 g/mol. The summed E-state index contributed by atoms with van der Waals surface area (Å²) in [5.74, 6) is 0. The highest BCUT2D eigenvalue weighted by Crippen LogP contribution is 2.09. The molecule has 0 aliphatic rings. The van der Waals surface area contributed by atoms with Gasteiger partial charge in [0.2, 0.25) is 0 Å². The second-order valence-corrected chi connectivity index (χ2v) is 4.48. The van der Waals surface area contributed by atoms with Crippen molar-refractivity contribution in [2.75, 3.05) is 0 Å². The lowest BCUT2D eigenvalue weighted by atomic mass is 10.1. The van der Waals surface area contributed by atoms with E-state index in [4.69, 9.17) is 0 Å². The van der Waals surface area contributed by atoms with Crippen molar-refractivity contribution in [3.05, 3.63) is 88.3 Å². The Labute approximate surface area is 120 Å². The third-order valence-corrected chi connectivity index (χ3v) is 3.19. The third-order valence-electron chi connectivity index (χ3n) is 3.19. The van der Waals surface area contributed by atoms with E-state index in [0.717, 1.165) is 5.69 Å². The first-order valence-electron chi connectivity index (χ1n) is 6.45. The Morgan fingerprint density at radius 2 is 1.62 bits per heavy atom. The van der Waals surface area contributed by atoms with Crippen LogP contribution in [0.25, 0.3) is 5.69 Å². The summed E-state index contributed by atoms with van der Waals surface area (Å²) < 4.78 is 1.41. The quantitative estimate of drug-likeness (QED) is 0.439. The molecule has 0 aliphatic heterocycles. The first kappa shape index (κ1) is 12.9. The number of benzene rings is 2. The Bertz CT molecular complexity index is 817. The SMILES string of the molecule is O=c1c(/C(=N/O)c2ccccc2)c[nH]n1-c1ccccc1. The van der Waals surface area contributed by atoms with Gasteiger partial charge < -0.3 is 5.21 Å². The standard InChI is InChI=1S/C16H13N3O2/c20-16-14(15(18-21)12-7-3-1-4-8-12)11-17-19(16)13-9-5-2-6-10-13/h1-11,17,21H/b18-15+. The fourth-order valence-corrected chi connectivity index (χ4v) is 2.17. The van der Waals surface area contributed by atoms with E-state index >= 15 is 0 Å². The third kappa shape index (κ3) is 2.36. The van der Waals surface area contributed by atoms with Crippen molar-refractivity contribution in [3.8, 4) is 5.69 Å². The van der Waals surface area contributed by atoms with Gasteiger partial charge in [0.1, 0.15) is 5.71 Å². The first-order valence-corrected chi connectivity index (χ1v) is 6.45. The molecule has 2 N–H and O–H groups in total. The van der Waals surface area contributed by atoms with Gasteiger partial charge in [-0.25, -0.2) is 4.68 Å². The normalized spacial score (nSPS) is 11.5. The number of nitrogens with zero attached hydrogens (tertiary/aromatic N) is 2. The minimum absolute atomic E-state index is 0.242. The fourth-order valence-electron chi connectivity index (χ4n) is 2.17. The van der Waals surface area contributed by atoms with Gasteiger partial charge in [0.05, 0.1) is 11.3 Å². The van der Waals surface area contributed by atoms with Crippen LogP contribution in [0, 0.1) is 0 Å². The van der Waals surface area contributed by atoms with Crippen molar-refractivity contribution < 1.29 is 5.21 Å². The summed E-state index contributed by atoms with van der Waals surface area (Å²) >= 11 is 0. The van der Waals surface area contributed by atoms with Gasteiger partial charge in [0.15, 0.2) is 0 Å². The molecule has 0 bridgehead atoms. The summed E-state index contributed by atoms with van der Waals surface area (Å²) in [6.07, 6.45) is 1.54. The van der Waals surface area contributed by atoms with Crippen LogP contribution in [0.5, 0.6) is 0 Å². The second-order valence-electron chi connectivity index (χ2n) is 4.48. The molecule has 0 saturated carbocycles. The molecule has 1 aromatic heterocycles. The number of hydrogen-bond acceptors (Lipinski definition) is 3. The molecule has 3 aromatic rings. The number of aromatic nitrogens is 2. The van der Waals surface area contributed by atoms with Crippen LogP contribution in [0.2, 0.25) is 0 Å². The van der Waals surface area contributed by atoms with Gasteiger partial charge in [-0.15, -0.1) is 0 Å². The minimum Gasteiger partial charge on any atom is -0.410 e. The number of aromatic amines is 1. The van der Waals surface area contributed by atoms with E-state index in [1.165, 1.54) is 10.9 Å². The summed E-state index contributed by atoms with van der Waals surface area (Å²) in [6, 6.07) is 18.3. The van der Waals surface area contributed by atoms with E-state index in [2.05, 4.69) is 10.3 Å². The Kier molecular flexibility index (Phi) is 3.39. The highest BCUT2D eigenvalue weighted by atomic mass is 16.4. The molecule has 1 heterocycles. The average molecular weight is 279 g/mol. The lowest BCUT2D eigenvalue weighted by Crippen LogP contribution is -2.21. The topological polar surface area (TPSA) is 70.4 Å². The molecular weight excluding hydrogens is 266 g/mol. The van der Waals surface area contributed by atoms with E-state index in [0.29, 0.717) is 11.1 Å². The summed E-state index contributed by atoms with van der Waals surface area (Å²) in [4.78, 5) is 12.5. The zero-order chi connectivity index (χ0) is 14.7. The maximum atomic E-state index is 12.5. The maximum Gasteiger partial charge on any atom is 0.280 e. The molecule has 0 radical (unpaired) electrons. The Balaban J connectivity index is 2.09. The molecule has 0 fully saturated rings. The molecule has 3 rings (SSSR count). The van der Waals surface area contributed by atoms with Crippen LogP contribution in [0.3, 0.4) is 0 Å². The Morgan fingerprint density at radius 1 is 1.00 bits per heavy atom. The predicted molar refractivity (Wildman–Crippen MR) is 80.3 cm³/mol. The van der Waals surface area contributed by atoms with Gasteiger partial charge in [-0.2, -0.15) is 0 Å². The Morgan fingerprint density at radius 3 is 2.24 bits per heavy atom. The summed E-state index contributed by atoms with van der Waals surface area (Å²) in [5.41, 5.74) is 1.69. The number of nitrogens with one attached hydrogen (secondary N) is 1. The average Bonchev–Trinajstić information content (AvgIpc) is 2.92. The Hall–Kier alpha value is -3.08. The van der Waals surface area contributed by atoms with Crippen molar-refractivity contribution >= 4 is 5.71 Å². The lowest BCUT2D eigenvalue weighted by Gasteiger charge is -2.01. The van der Waals surface area contributed by atoms with Gasteiger partial charge in [0.25, 0.3) is 5.56 Å². The van der Waals surface area contributed by atoms with Crippen LogP contribution in [0.4, 0.5) is 0 Å². The van der Waals surface area contributed by atoms with Crippen molar-refractivity contribution in [2.24, 2.45) is 5.16 Å². The molecule has 0 saturated heterocycles. The molecule has 0 spiro atoms. The molecule has 0 aliphatic carbocycles. The summed E-state index contributed by atoms with van der Waals surface area (Å²) in [6.45, 7) is 0. The highest BCUT2D eigenvalue weighted by Gasteiger charge is 2.15. The van der Waals surface area contributed by atoms with Crippen molar-refractivity contribution in [3.63, 3.8) is 0 Å². The number of rotatable bonds is 3. The molecule has 21 heavy (non-hydrogen) atoms. The molecule has 0 unspecified atom stereocenters. The molecule has 5 nitrogen and oxygen atoms in total. The number of H-pyrrole nitrogens is 1. The van der Waals surface area contributed by atoms with Crippen LogP contribution in [0.1, 0.15) is 11.1 Å². The smallest absolute Gasteiger partial charge is 0.280 e. The first-order chi connectivity index (χ1) is 10.3. The largest absolute Gasteiger partial charge is 0.410 e. The molecular formula is C16H13N3O2. The van der Waals surface area contributed by atoms with Crippen LogP contribution in [-0.2, 0) is 0 Å². The maximum absolute atomic E-state index is 12.5. The number of para-hydroxylation sites is 1. The van der Waals surface area contributed by atoms with Crippen LogP contribution in [0.15, 0.2) is 76.8 Å². The molecule has 104 valence electrons. The zero-order valence-corrected chi connectivity index (χ0v) is 11.1. The van der Waals surface area contributed by atoms with Crippen molar-refractivity contribution in [1.29, 1.82) is 0 Å². The zero-order valence-electron chi connectivity index (χ0n) is 11.1. The second kappa shape index (κ2) is 5.50. The van der Waals surface area contributed by atoms with Crippen molar-refractivity contribution in [2.45, 2.75) is 0 Å². The van der Waals surface area contributed by atoms with Crippen LogP contribution < -0.4 is 5.56 Å². The van der Waals surface area contributed by atoms with Crippen LogP contribution >= 0.6 is 0 Å². The van der Waals surface area contributed by atoms with Gasteiger partial charge >= 0.3 is 0 Å². The molecule has 2 aromatic carbocycles. The van der Waals surface area contributed by atoms with E-state index in [-0.39, 0.29) is 11.3 Å². The van der Waals surface area contributed by atoms with Gasteiger partial charge in [-0.1, -0.05) is 53.7 Å². The van der Waals surface area contributed by atoms with E-state index in [1.807, 2.05) is 48.5 Å². The van der Waals surface area contributed by atoms with Crippen LogP contribution in [-0.4, -0.2) is 20.7 Å². The predicted octanol–water partition coefficient (Wildman–Crippen LogP) is 2.39.